The van der Waals surface area contributed by atoms with Gasteiger partial charge in [0.1, 0.15) is 0 Å². The first-order chi connectivity index (χ1) is 16.2. The van der Waals surface area contributed by atoms with E-state index in [0.29, 0.717) is 5.46 Å². The third-order valence-electron chi connectivity index (χ3n) is 5.70. The topological polar surface area (TPSA) is 53.4 Å². The van der Waals surface area contributed by atoms with Crippen molar-refractivity contribution in [2.75, 3.05) is 0 Å². The van der Waals surface area contributed by atoms with Crippen molar-refractivity contribution in [3.8, 4) is 44.8 Å². The second-order valence-electron chi connectivity index (χ2n) is 7.93. The Balaban J connectivity index is 1.61. The van der Waals surface area contributed by atoms with E-state index in [1.807, 2.05) is 60.7 Å². The SMILES string of the molecule is OB(O)c1ccc(-c2cccc(-c3cc(-c4ccccc4)cc(-c4ccccc4)n3)c2)cc1. The van der Waals surface area contributed by atoms with Crippen molar-refractivity contribution in [3.63, 3.8) is 0 Å². The third-order valence-corrected chi connectivity index (χ3v) is 5.70. The Hall–Kier alpha value is -3.99. The average Bonchev–Trinajstić information content (AvgIpc) is 2.89. The van der Waals surface area contributed by atoms with E-state index in [2.05, 4.69) is 48.5 Å². The molecule has 158 valence electrons. The van der Waals surface area contributed by atoms with E-state index in [-0.39, 0.29) is 0 Å². The highest BCUT2D eigenvalue weighted by Crippen LogP contribution is 2.31. The highest BCUT2D eigenvalue weighted by Gasteiger charge is 2.12. The summed E-state index contributed by atoms with van der Waals surface area (Å²) in [4.78, 5) is 5.01. The first-order valence-electron chi connectivity index (χ1n) is 10.9. The molecule has 1 aromatic heterocycles. The Morgan fingerprint density at radius 2 is 0.939 bits per heavy atom. The van der Waals surface area contributed by atoms with Crippen LogP contribution in [0, 0.1) is 0 Å². The summed E-state index contributed by atoms with van der Waals surface area (Å²) in [6.45, 7) is 0. The fourth-order valence-electron chi connectivity index (χ4n) is 3.94. The van der Waals surface area contributed by atoms with Gasteiger partial charge in [0, 0.05) is 11.1 Å². The van der Waals surface area contributed by atoms with Crippen molar-refractivity contribution in [2.45, 2.75) is 0 Å². The standard InChI is InChI=1S/C29H22BNO2/c32-30(33)27-16-14-22(15-17-27)24-12-7-13-25(18-24)29-20-26(21-8-3-1-4-9-21)19-28(31-29)23-10-5-2-6-11-23/h1-20,32-33H. The molecule has 4 aromatic carbocycles. The van der Waals surface area contributed by atoms with E-state index in [9.17, 15) is 10.0 Å². The molecule has 5 rings (SSSR count). The van der Waals surface area contributed by atoms with Gasteiger partial charge < -0.3 is 10.0 Å². The minimum Gasteiger partial charge on any atom is -0.423 e. The maximum atomic E-state index is 9.37. The highest BCUT2D eigenvalue weighted by atomic mass is 16.4. The third kappa shape index (κ3) is 4.63. The molecule has 33 heavy (non-hydrogen) atoms. The maximum Gasteiger partial charge on any atom is 0.488 e. The summed E-state index contributed by atoms with van der Waals surface area (Å²) in [7, 11) is -1.47. The lowest BCUT2D eigenvalue weighted by Gasteiger charge is -2.11. The predicted octanol–water partition coefficient (Wildman–Crippen LogP) is 5.43. The maximum absolute atomic E-state index is 9.37. The summed E-state index contributed by atoms with van der Waals surface area (Å²) in [6, 6.07) is 40.4. The van der Waals surface area contributed by atoms with Gasteiger partial charge in [-0.2, -0.15) is 0 Å². The van der Waals surface area contributed by atoms with Gasteiger partial charge in [-0.25, -0.2) is 4.98 Å². The van der Waals surface area contributed by atoms with E-state index >= 15 is 0 Å². The van der Waals surface area contributed by atoms with Crippen LogP contribution in [0.2, 0.25) is 0 Å². The monoisotopic (exact) mass is 427 g/mol. The molecule has 0 radical (unpaired) electrons. The quantitative estimate of drug-likeness (QED) is 0.368. The molecule has 0 saturated heterocycles. The van der Waals surface area contributed by atoms with Crippen LogP contribution in [0.5, 0.6) is 0 Å². The number of pyridine rings is 1. The highest BCUT2D eigenvalue weighted by molar-refractivity contribution is 6.58. The lowest BCUT2D eigenvalue weighted by molar-refractivity contribution is 0.426. The lowest BCUT2D eigenvalue weighted by Crippen LogP contribution is -2.29. The van der Waals surface area contributed by atoms with Gasteiger partial charge in [0.2, 0.25) is 0 Å². The molecule has 4 heteroatoms. The van der Waals surface area contributed by atoms with Crippen molar-refractivity contribution < 1.29 is 10.0 Å². The first kappa shape index (κ1) is 20.9. The normalized spacial score (nSPS) is 10.7. The summed E-state index contributed by atoms with van der Waals surface area (Å²) in [6.07, 6.45) is 0. The summed E-state index contributed by atoms with van der Waals surface area (Å²) in [5.41, 5.74) is 8.71. The molecule has 0 aliphatic carbocycles. The van der Waals surface area contributed by atoms with Crippen LogP contribution in [-0.4, -0.2) is 22.2 Å². The molecule has 0 saturated carbocycles. The largest absolute Gasteiger partial charge is 0.488 e. The molecule has 5 aromatic rings. The predicted molar refractivity (Wildman–Crippen MR) is 136 cm³/mol. The summed E-state index contributed by atoms with van der Waals surface area (Å²) >= 11 is 0. The summed E-state index contributed by atoms with van der Waals surface area (Å²) < 4.78 is 0. The van der Waals surface area contributed by atoms with Crippen molar-refractivity contribution >= 4 is 12.6 Å². The number of rotatable bonds is 5. The molecule has 0 unspecified atom stereocenters. The Labute approximate surface area is 193 Å². The zero-order valence-electron chi connectivity index (χ0n) is 18.0. The van der Waals surface area contributed by atoms with Crippen molar-refractivity contribution in [2.24, 2.45) is 0 Å². The molecule has 0 spiro atoms. The van der Waals surface area contributed by atoms with Gasteiger partial charge >= 0.3 is 7.12 Å². The average molecular weight is 427 g/mol. The molecule has 0 aliphatic heterocycles. The van der Waals surface area contributed by atoms with Gasteiger partial charge in [-0.05, 0) is 45.9 Å². The van der Waals surface area contributed by atoms with Gasteiger partial charge in [-0.1, -0.05) is 103 Å². The van der Waals surface area contributed by atoms with Gasteiger partial charge in [0.05, 0.1) is 11.4 Å². The number of aromatic nitrogens is 1. The minimum atomic E-state index is -1.47. The van der Waals surface area contributed by atoms with E-state index in [0.717, 1.165) is 44.8 Å². The van der Waals surface area contributed by atoms with Crippen LogP contribution in [0.3, 0.4) is 0 Å². The van der Waals surface area contributed by atoms with Crippen LogP contribution >= 0.6 is 0 Å². The molecular formula is C29H22BNO2. The van der Waals surface area contributed by atoms with Crippen molar-refractivity contribution in [1.82, 2.24) is 4.98 Å². The molecule has 0 atom stereocenters. The van der Waals surface area contributed by atoms with Crippen LogP contribution in [-0.2, 0) is 0 Å². The van der Waals surface area contributed by atoms with Crippen LogP contribution in [0.15, 0.2) is 121 Å². The fourth-order valence-corrected chi connectivity index (χ4v) is 3.94. The second-order valence-corrected chi connectivity index (χ2v) is 7.93. The van der Waals surface area contributed by atoms with Crippen LogP contribution in [0.25, 0.3) is 44.8 Å². The number of hydrogen-bond donors (Lipinski definition) is 2. The van der Waals surface area contributed by atoms with Gasteiger partial charge in [0.25, 0.3) is 0 Å². The second kappa shape index (κ2) is 9.25. The summed E-state index contributed by atoms with van der Waals surface area (Å²) in [5.74, 6) is 0. The molecule has 2 N–H and O–H groups in total. The molecule has 1 heterocycles. The molecular weight excluding hydrogens is 405 g/mol. The number of benzene rings is 4. The lowest BCUT2D eigenvalue weighted by atomic mass is 9.80. The molecule has 0 aliphatic rings. The van der Waals surface area contributed by atoms with E-state index < -0.39 is 7.12 Å². The van der Waals surface area contributed by atoms with Crippen LogP contribution in [0.1, 0.15) is 0 Å². The number of nitrogens with zero attached hydrogens (tertiary/aromatic N) is 1. The Morgan fingerprint density at radius 1 is 0.424 bits per heavy atom. The van der Waals surface area contributed by atoms with Gasteiger partial charge in [-0.3, -0.25) is 0 Å². The van der Waals surface area contributed by atoms with Crippen LogP contribution < -0.4 is 5.46 Å². The van der Waals surface area contributed by atoms with Crippen molar-refractivity contribution in [3.05, 3.63) is 121 Å². The zero-order valence-corrected chi connectivity index (χ0v) is 18.0. The smallest absolute Gasteiger partial charge is 0.423 e. The zero-order chi connectivity index (χ0) is 22.6. The fraction of sp³-hybridized carbons (Fsp3) is 0. The minimum absolute atomic E-state index is 0.472. The van der Waals surface area contributed by atoms with E-state index in [1.165, 1.54) is 0 Å². The van der Waals surface area contributed by atoms with E-state index in [4.69, 9.17) is 4.98 Å². The van der Waals surface area contributed by atoms with Gasteiger partial charge in [-0.15, -0.1) is 0 Å². The summed E-state index contributed by atoms with van der Waals surface area (Å²) in [5, 5.41) is 18.7. The Morgan fingerprint density at radius 3 is 1.58 bits per heavy atom. The Bertz CT molecular complexity index is 1310. The molecule has 0 fully saturated rings. The van der Waals surface area contributed by atoms with Crippen LogP contribution in [0.4, 0.5) is 0 Å². The van der Waals surface area contributed by atoms with Gasteiger partial charge in [0.15, 0.2) is 0 Å². The molecule has 3 nitrogen and oxygen atoms in total. The Kier molecular flexibility index (Phi) is 5.86. The van der Waals surface area contributed by atoms with E-state index in [1.54, 1.807) is 12.1 Å². The first-order valence-corrected chi connectivity index (χ1v) is 10.9. The number of hydrogen-bond acceptors (Lipinski definition) is 3. The molecule has 0 amide bonds. The molecule has 0 bridgehead atoms. The van der Waals surface area contributed by atoms with Crippen molar-refractivity contribution in [1.29, 1.82) is 0 Å².